The summed E-state index contributed by atoms with van der Waals surface area (Å²) in [6.07, 6.45) is 5.64. The molecule has 0 aliphatic carbocycles. The van der Waals surface area contributed by atoms with Crippen molar-refractivity contribution in [1.82, 2.24) is 14.7 Å². The Labute approximate surface area is 142 Å². The number of rotatable bonds is 7. The number of carbonyl (C=O) groups is 1. The van der Waals surface area contributed by atoms with Crippen LogP contribution in [0, 0.1) is 0 Å². The molecule has 1 aromatic heterocycles. The predicted molar refractivity (Wildman–Crippen MR) is 89.6 cm³/mol. The summed E-state index contributed by atoms with van der Waals surface area (Å²) in [5.41, 5.74) is 0.992. The topological polar surface area (TPSA) is 56.6 Å². The van der Waals surface area contributed by atoms with Crippen molar-refractivity contribution >= 4 is 5.91 Å². The van der Waals surface area contributed by atoms with Crippen molar-refractivity contribution < 1.29 is 14.3 Å². The van der Waals surface area contributed by atoms with Gasteiger partial charge >= 0.3 is 0 Å². The number of nitrogens with zero attached hydrogens (tertiary/aromatic N) is 3. The van der Waals surface area contributed by atoms with Gasteiger partial charge in [0.15, 0.2) is 0 Å². The van der Waals surface area contributed by atoms with Gasteiger partial charge in [-0.15, -0.1) is 0 Å². The Hall–Kier alpha value is -2.34. The van der Waals surface area contributed by atoms with Crippen LogP contribution in [0.5, 0.6) is 5.75 Å². The second kappa shape index (κ2) is 7.97. The molecular formula is C18H23N3O3. The van der Waals surface area contributed by atoms with Crippen molar-refractivity contribution in [1.29, 1.82) is 0 Å². The molecule has 1 aromatic carbocycles. The zero-order valence-corrected chi connectivity index (χ0v) is 13.9. The normalized spacial score (nSPS) is 17.0. The van der Waals surface area contributed by atoms with Crippen molar-refractivity contribution in [2.75, 3.05) is 20.3 Å². The Balaban J connectivity index is 1.74. The summed E-state index contributed by atoms with van der Waals surface area (Å²) in [4.78, 5) is 14.6. The molecule has 24 heavy (non-hydrogen) atoms. The van der Waals surface area contributed by atoms with Crippen LogP contribution in [-0.4, -0.2) is 47.0 Å². The van der Waals surface area contributed by atoms with Gasteiger partial charge in [-0.2, -0.15) is 5.10 Å². The molecule has 1 saturated heterocycles. The van der Waals surface area contributed by atoms with Gasteiger partial charge < -0.3 is 14.4 Å². The molecule has 6 nitrogen and oxygen atoms in total. The largest absolute Gasteiger partial charge is 0.496 e. The molecule has 0 unspecified atom stereocenters. The second-order valence-corrected chi connectivity index (χ2v) is 5.92. The number of para-hydroxylation sites is 1. The van der Waals surface area contributed by atoms with E-state index in [-0.39, 0.29) is 18.6 Å². The van der Waals surface area contributed by atoms with Gasteiger partial charge in [-0.1, -0.05) is 18.2 Å². The van der Waals surface area contributed by atoms with E-state index in [0.717, 1.165) is 30.8 Å². The van der Waals surface area contributed by atoms with Crippen LogP contribution in [0.2, 0.25) is 0 Å². The fourth-order valence-corrected chi connectivity index (χ4v) is 2.96. The van der Waals surface area contributed by atoms with E-state index in [1.165, 1.54) is 0 Å². The van der Waals surface area contributed by atoms with Crippen LogP contribution in [0.1, 0.15) is 18.4 Å². The first-order valence-corrected chi connectivity index (χ1v) is 8.25. The second-order valence-electron chi connectivity index (χ2n) is 5.92. The van der Waals surface area contributed by atoms with Gasteiger partial charge in [0.25, 0.3) is 0 Å². The summed E-state index contributed by atoms with van der Waals surface area (Å²) in [6.45, 7) is 2.11. The van der Waals surface area contributed by atoms with E-state index in [0.29, 0.717) is 13.1 Å². The number of benzene rings is 1. The third-order valence-electron chi connectivity index (χ3n) is 4.21. The van der Waals surface area contributed by atoms with Crippen molar-refractivity contribution in [3.63, 3.8) is 0 Å². The van der Waals surface area contributed by atoms with Crippen molar-refractivity contribution in [3.8, 4) is 5.75 Å². The standard InChI is InChI=1S/C18H23N3O3/c1-23-17-8-3-2-6-15(17)12-20(13-16-7-4-11-24-16)18(22)14-21-10-5-9-19-21/h2-3,5-6,8-10,16H,4,7,11-14H2,1H3/t16-/m0/s1. The molecule has 6 heteroatoms. The van der Waals surface area contributed by atoms with Crippen LogP contribution in [0.15, 0.2) is 42.7 Å². The van der Waals surface area contributed by atoms with Crippen molar-refractivity contribution in [2.45, 2.75) is 32.0 Å². The Kier molecular flexibility index (Phi) is 5.48. The fourth-order valence-electron chi connectivity index (χ4n) is 2.96. The molecule has 0 bridgehead atoms. The Morgan fingerprint density at radius 1 is 1.42 bits per heavy atom. The summed E-state index contributed by atoms with van der Waals surface area (Å²) in [7, 11) is 1.65. The summed E-state index contributed by atoms with van der Waals surface area (Å²) >= 11 is 0. The van der Waals surface area contributed by atoms with E-state index < -0.39 is 0 Å². The highest BCUT2D eigenvalue weighted by Gasteiger charge is 2.23. The van der Waals surface area contributed by atoms with Crippen LogP contribution in [0.3, 0.4) is 0 Å². The number of hydrogen-bond acceptors (Lipinski definition) is 4. The van der Waals surface area contributed by atoms with E-state index in [9.17, 15) is 4.79 Å². The minimum atomic E-state index is 0.0279. The molecule has 0 saturated carbocycles. The molecule has 2 aromatic rings. The van der Waals surface area contributed by atoms with E-state index in [4.69, 9.17) is 9.47 Å². The average molecular weight is 329 g/mol. The first-order chi connectivity index (χ1) is 11.8. The molecule has 0 spiro atoms. The maximum Gasteiger partial charge on any atom is 0.244 e. The monoisotopic (exact) mass is 329 g/mol. The summed E-state index contributed by atoms with van der Waals surface area (Å²) < 4.78 is 12.8. The van der Waals surface area contributed by atoms with Gasteiger partial charge in [0.05, 0.1) is 13.2 Å². The lowest BCUT2D eigenvalue weighted by molar-refractivity contribution is -0.134. The SMILES string of the molecule is COc1ccccc1CN(C[C@@H]1CCCO1)C(=O)Cn1cccn1. The lowest BCUT2D eigenvalue weighted by Gasteiger charge is -2.26. The number of carbonyl (C=O) groups excluding carboxylic acids is 1. The van der Waals surface area contributed by atoms with E-state index in [2.05, 4.69) is 5.10 Å². The molecule has 2 heterocycles. The van der Waals surface area contributed by atoms with Gasteiger partial charge in [-0.25, -0.2) is 0 Å². The van der Waals surface area contributed by atoms with Crippen LogP contribution in [0.4, 0.5) is 0 Å². The van der Waals surface area contributed by atoms with Gasteiger partial charge in [-0.3, -0.25) is 9.48 Å². The highest BCUT2D eigenvalue weighted by molar-refractivity contribution is 5.76. The van der Waals surface area contributed by atoms with Gasteiger partial charge in [0, 0.05) is 37.7 Å². The number of aromatic nitrogens is 2. The molecule has 3 rings (SSSR count). The minimum Gasteiger partial charge on any atom is -0.496 e. The number of ether oxygens (including phenoxy) is 2. The lowest BCUT2D eigenvalue weighted by atomic mass is 10.1. The molecule has 128 valence electrons. The smallest absolute Gasteiger partial charge is 0.244 e. The zero-order chi connectivity index (χ0) is 16.8. The van der Waals surface area contributed by atoms with E-state index in [1.807, 2.05) is 35.2 Å². The fraction of sp³-hybridized carbons (Fsp3) is 0.444. The molecule has 1 atom stereocenters. The molecule has 1 amide bonds. The maximum atomic E-state index is 12.8. The lowest BCUT2D eigenvalue weighted by Crippen LogP contribution is -2.39. The third kappa shape index (κ3) is 4.14. The first kappa shape index (κ1) is 16.5. The number of amides is 1. The van der Waals surface area contributed by atoms with Crippen LogP contribution in [0.25, 0.3) is 0 Å². The van der Waals surface area contributed by atoms with Crippen LogP contribution >= 0.6 is 0 Å². The summed E-state index contributed by atoms with van der Waals surface area (Å²) in [6, 6.07) is 9.61. The predicted octanol–water partition coefficient (Wildman–Crippen LogP) is 2.10. The van der Waals surface area contributed by atoms with Crippen molar-refractivity contribution in [2.24, 2.45) is 0 Å². The van der Waals surface area contributed by atoms with E-state index >= 15 is 0 Å². The van der Waals surface area contributed by atoms with Crippen molar-refractivity contribution in [3.05, 3.63) is 48.3 Å². The Bertz CT molecular complexity index is 651. The zero-order valence-electron chi connectivity index (χ0n) is 13.9. The third-order valence-corrected chi connectivity index (χ3v) is 4.21. The molecule has 0 N–H and O–H groups in total. The van der Waals surface area contributed by atoms with Gasteiger partial charge in [-0.05, 0) is 25.0 Å². The summed E-state index contributed by atoms with van der Waals surface area (Å²) in [5, 5.41) is 4.12. The number of methoxy groups -OCH3 is 1. The van der Waals surface area contributed by atoms with Gasteiger partial charge in [0.1, 0.15) is 12.3 Å². The molecular weight excluding hydrogens is 306 g/mol. The molecule has 0 radical (unpaired) electrons. The average Bonchev–Trinajstić information content (AvgIpc) is 3.28. The quantitative estimate of drug-likeness (QED) is 0.780. The maximum absolute atomic E-state index is 12.8. The molecule has 1 aliphatic rings. The Morgan fingerprint density at radius 2 is 2.29 bits per heavy atom. The molecule has 1 aliphatic heterocycles. The van der Waals surface area contributed by atoms with Crippen LogP contribution < -0.4 is 4.74 Å². The minimum absolute atomic E-state index is 0.0279. The van der Waals surface area contributed by atoms with E-state index in [1.54, 1.807) is 24.2 Å². The highest BCUT2D eigenvalue weighted by Crippen LogP contribution is 2.21. The highest BCUT2D eigenvalue weighted by atomic mass is 16.5. The molecule has 1 fully saturated rings. The number of hydrogen-bond donors (Lipinski definition) is 0. The van der Waals surface area contributed by atoms with Crippen LogP contribution in [-0.2, 0) is 22.6 Å². The Morgan fingerprint density at radius 3 is 3.00 bits per heavy atom. The van der Waals surface area contributed by atoms with Gasteiger partial charge in [0.2, 0.25) is 5.91 Å². The first-order valence-electron chi connectivity index (χ1n) is 8.25. The summed E-state index contributed by atoms with van der Waals surface area (Å²) in [5.74, 6) is 0.821.